The predicted octanol–water partition coefficient (Wildman–Crippen LogP) is 1.36. The Morgan fingerprint density at radius 2 is 2.35 bits per heavy atom. The number of aromatic nitrogens is 2. The van der Waals surface area contributed by atoms with Gasteiger partial charge in [-0.1, -0.05) is 0 Å². The van der Waals surface area contributed by atoms with Crippen LogP contribution in [0.5, 0.6) is 0 Å². The van der Waals surface area contributed by atoms with Crippen LogP contribution in [0.25, 0.3) is 0 Å². The molecule has 2 saturated heterocycles. The van der Waals surface area contributed by atoms with E-state index < -0.39 is 0 Å². The molecule has 92 valence electrons. The second kappa shape index (κ2) is 4.61. The summed E-state index contributed by atoms with van der Waals surface area (Å²) in [5, 5.41) is 3.64. The minimum Gasteiger partial charge on any atom is -0.356 e. The Labute approximate surface area is 102 Å². The number of aryl methyl sites for hydroxylation is 1. The molecular weight excluding hydrogens is 212 g/mol. The average Bonchev–Trinajstić information content (AvgIpc) is 2.38. The van der Waals surface area contributed by atoms with Crippen molar-refractivity contribution >= 4 is 5.82 Å². The van der Waals surface area contributed by atoms with Crippen LogP contribution in [0.4, 0.5) is 5.82 Å². The highest BCUT2D eigenvalue weighted by molar-refractivity contribution is 5.38. The number of hydrogen-bond donors (Lipinski definition) is 1. The molecule has 0 bridgehead atoms. The van der Waals surface area contributed by atoms with Gasteiger partial charge >= 0.3 is 0 Å². The SMILES string of the molecule is Cc1nccc(N2CCC3NCCCC3C2)n1. The van der Waals surface area contributed by atoms with Crippen molar-refractivity contribution in [2.45, 2.75) is 32.2 Å². The predicted molar refractivity (Wildman–Crippen MR) is 68.1 cm³/mol. The van der Waals surface area contributed by atoms with Crippen LogP contribution in [0.2, 0.25) is 0 Å². The number of nitrogens with one attached hydrogen (secondary N) is 1. The number of nitrogens with zero attached hydrogens (tertiary/aromatic N) is 3. The summed E-state index contributed by atoms with van der Waals surface area (Å²) in [7, 11) is 0. The van der Waals surface area contributed by atoms with Gasteiger partial charge in [-0.3, -0.25) is 0 Å². The average molecular weight is 232 g/mol. The summed E-state index contributed by atoms with van der Waals surface area (Å²) in [6, 6.07) is 2.77. The van der Waals surface area contributed by atoms with Gasteiger partial charge in [0.25, 0.3) is 0 Å². The Balaban J connectivity index is 1.73. The molecular formula is C13H20N4. The van der Waals surface area contributed by atoms with E-state index in [1.807, 2.05) is 19.2 Å². The van der Waals surface area contributed by atoms with Crippen molar-refractivity contribution < 1.29 is 0 Å². The van der Waals surface area contributed by atoms with E-state index in [9.17, 15) is 0 Å². The van der Waals surface area contributed by atoms with Crippen LogP contribution in [0.1, 0.15) is 25.1 Å². The van der Waals surface area contributed by atoms with Crippen LogP contribution in [0.15, 0.2) is 12.3 Å². The molecule has 2 fully saturated rings. The van der Waals surface area contributed by atoms with Gasteiger partial charge in [0.2, 0.25) is 0 Å². The van der Waals surface area contributed by atoms with E-state index in [4.69, 9.17) is 0 Å². The molecule has 4 heteroatoms. The third-order valence-electron chi connectivity index (χ3n) is 3.98. The summed E-state index contributed by atoms with van der Waals surface area (Å²) in [5.74, 6) is 2.76. The monoisotopic (exact) mass is 232 g/mol. The first kappa shape index (κ1) is 11.0. The van der Waals surface area contributed by atoms with Gasteiger partial charge in [0.05, 0.1) is 0 Å². The molecule has 2 unspecified atom stereocenters. The molecule has 17 heavy (non-hydrogen) atoms. The van der Waals surface area contributed by atoms with E-state index in [1.165, 1.54) is 25.8 Å². The second-order valence-corrected chi connectivity index (χ2v) is 5.16. The fourth-order valence-corrected chi connectivity index (χ4v) is 3.07. The maximum absolute atomic E-state index is 4.53. The van der Waals surface area contributed by atoms with Crippen molar-refractivity contribution in [1.82, 2.24) is 15.3 Å². The number of rotatable bonds is 1. The molecule has 2 aliphatic heterocycles. The van der Waals surface area contributed by atoms with Crippen molar-refractivity contribution in [3.63, 3.8) is 0 Å². The summed E-state index contributed by atoms with van der Waals surface area (Å²) in [6.45, 7) is 5.42. The molecule has 0 spiro atoms. The van der Waals surface area contributed by atoms with Crippen LogP contribution in [-0.4, -0.2) is 35.6 Å². The molecule has 0 aromatic carbocycles. The number of piperidine rings is 2. The van der Waals surface area contributed by atoms with Gasteiger partial charge in [0.1, 0.15) is 11.6 Å². The molecule has 2 atom stereocenters. The quantitative estimate of drug-likeness (QED) is 0.794. The van der Waals surface area contributed by atoms with E-state index in [2.05, 4.69) is 20.2 Å². The number of hydrogen-bond acceptors (Lipinski definition) is 4. The third kappa shape index (κ3) is 2.27. The van der Waals surface area contributed by atoms with Gasteiger partial charge < -0.3 is 10.2 Å². The van der Waals surface area contributed by atoms with Crippen molar-refractivity contribution in [3.8, 4) is 0 Å². The molecule has 1 N–H and O–H groups in total. The molecule has 3 rings (SSSR count). The summed E-state index contributed by atoms with van der Waals surface area (Å²) < 4.78 is 0. The zero-order valence-corrected chi connectivity index (χ0v) is 10.4. The lowest BCUT2D eigenvalue weighted by molar-refractivity contribution is 0.244. The van der Waals surface area contributed by atoms with Crippen LogP contribution < -0.4 is 10.2 Å². The highest BCUT2D eigenvalue weighted by Gasteiger charge is 2.31. The van der Waals surface area contributed by atoms with Crippen LogP contribution in [0, 0.1) is 12.8 Å². The third-order valence-corrected chi connectivity index (χ3v) is 3.98. The molecule has 0 amide bonds. The molecule has 0 radical (unpaired) electrons. The molecule has 2 aliphatic rings. The fraction of sp³-hybridized carbons (Fsp3) is 0.692. The summed E-state index contributed by atoms with van der Waals surface area (Å²) >= 11 is 0. The van der Waals surface area contributed by atoms with Gasteiger partial charge in [-0.2, -0.15) is 0 Å². The van der Waals surface area contributed by atoms with Crippen molar-refractivity contribution in [2.75, 3.05) is 24.5 Å². The zero-order chi connectivity index (χ0) is 11.7. The molecule has 0 saturated carbocycles. The smallest absolute Gasteiger partial charge is 0.132 e. The van der Waals surface area contributed by atoms with Crippen molar-refractivity contribution in [3.05, 3.63) is 18.1 Å². The maximum atomic E-state index is 4.53. The molecule has 4 nitrogen and oxygen atoms in total. The lowest BCUT2D eigenvalue weighted by Gasteiger charge is -2.42. The van der Waals surface area contributed by atoms with Crippen molar-refractivity contribution in [2.24, 2.45) is 5.92 Å². The Hall–Kier alpha value is -1.16. The second-order valence-electron chi connectivity index (χ2n) is 5.16. The van der Waals surface area contributed by atoms with Gasteiger partial charge in [0.15, 0.2) is 0 Å². The summed E-state index contributed by atoms with van der Waals surface area (Å²) in [4.78, 5) is 11.1. The standard InChI is InChI=1S/C13H20N4/c1-10-14-7-4-13(16-10)17-8-5-12-11(9-17)3-2-6-15-12/h4,7,11-12,15H,2-3,5-6,8-9H2,1H3. The Morgan fingerprint density at radius 1 is 1.41 bits per heavy atom. The Bertz CT molecular complexity index is 393. The lowest BCUT2D eigenvalue weighted by Crippen LogP contribution is -2.52. The van der Waals surface area contributed by atoms with E-state index >= 15 is 0 Å². The van der Waals surface area contributed by atoms with Crippen molar-refractivity contribution in [1.29, 1.82) is 0 Å². The minimum atomic E-state index is 0.739. The maximum Gasteiger partial charge on any atom is 0.132 e. The lowest BCUT2D eigenvalue weighted by atomic mass is 9.85. The van der Waals surface area contributed by atoms with Gasteiger partial charge in [-0.25, -0.2) is 9.97 Å². The van der Waals surface area contributed by atoms with Gasteiger partial charge in [-0.05, 0) is 44.7 Å². The van der Waals surface area contributed by atoms with Crippen LogP contribution in [-0.2, 0) is 0 Å². The van der Waals surface area contributed by atoms with Crippen LogP contribution in [0.3, 0.4) is 0 Å². The van der Waals surface area contributed by atoms with E-state index in [1.54, 1.807) is 0 Å². The van der Waals surface area contributed by atoms with E-state index in [0.717, 1.165) is 36.7 Å². The topological polar surface area (TPSA) is 41.1 Å². The summed E-state index contributed by atoms with van der Waals surface area (Å²) in [5.41, 5.74) is 0. The molecule has 1 aromatic rings. The first-order valence-electron chi connectivity index (χ1n) is 6.61. The highest BCUT2D eigenvalue weighted by Crippen LogP contribution is 2.27. The Kier molecular flexibility index (Phi) is 2.97. The number of fused-ring (bicyclic) bond motifs is 1. The highest BCUT2D eigenvalue weighted by atomic mass is 15.2. The molecule has 1 aromatic heterocycles. The first-order chi connectivity index (χ1) is 8.33. The van der Waals surface area contributed by atoms with E-state index in [0.29, 0.717) is 0 Å². The Morgan fingerprint density at radius 3 is 3.24 bits per heavy atom. The van der Waals surface area contributed by atoms with Crippen LogP contribution >= 0.6 is 0 Å². The summed E-state index contributed by atoms with van der Waals surface area (Å²) in [6.07, 6.45) is 5.78. The minimum absolute atomic E-state index is 0.739. The first-order valence-corrected chi connectivity index (χ1v) is 6.61. The largest absolute Gasteiger partial charge is 0.356 e. The zero-order valence-electron chi connectivity index (χ0n) is 10.4. The molecule has 3 heterocycles. The van der Waals surface area contributed by atoms with Gasteiger partial charge in [0, 0.05) is 25.3 Å². The molecule has 0 aliphatic carbocycles. The normalized spacial score (nSPS) is 28.9. The fourth-order valence-electron chi connectivity index (χ4n) is 3.07. The van der Waals surface area contributed by atoms with E-state index in [-0.39, 0.29) is 0 Å². The number of anilines is 1. The van der Waals surface area contributed by atoms with Gasteiger partial charge in [-0.15, -0.1) is 0 Å².